The average molecular weight is 267 g/mol. The highest BCUT2D eigenvalue weighted by Crippen LogP contribution is 2.46. The van der Waals surface area contributed by atoms with Crippen molar-refractivity contribution >= 4 is 17.9 Å². The molecule has 0 bridgehead atoms. The van der Waals surface area contributed by atoms with Crippen molar-refractivity contribution in [1.29, 1.82) is 0 Å². The van der Waals surface area contributed by atoms with Gasteiger partial charge >= 0.3 is 0 Å². The summed E-state index contributed by atoms with van der Waals surface area (Å²) in [7, 11) is 0. The first kappa shape index (κ1) is 13.4. The van der Waals surface area contributed by atoms with Crippen molar-refractivity contribution in [3.05, 3.63) is 35.1 Å². The molecular formula is C14H18FNOS. The van der Waals surface area contributed by atoms with Gasteiger partial charge in [0.1, 0.15) is 5.82 Å². The number of carbonyl (C=O) groups is 1. The summed E-state index contributed by atoms with van der Waals surface area (Å²) < 4.78 is 15.7. The molecule has 0 saturated carbocycles. The molecule has 1 unspecified atom stereocenters. The van der Waals surface area contributed by atoms with Crippen molar-refractivity contribution in [3.63, 3.8) is 0 Å². The lowest BCUT2D eigenvalue weighted by molar-refractivity contribution is -0.127. The van der Waals surface area contributed by atoms with Crippen LogP contribution in [0.2, 0.25) is 0 Å². The summed E-state index contributed by atoms with van der Waals surface area (Å²) >= 11 is 1.44. The van der Waals surface area contributed by atoms with E-state index in [9.17, 15) is 9.18 Å². The second-order valence-corrected chi connectivity index (χ2v) is 6.83. The topological polar surface area (TPSA) is 20.3 Å². The van der Waals surface area contributed by atoms with Gasteiger partial charge in [-0.05, 0) is 51.3 Å². The van der Waals surface area contributed by atoms with Crippen LogP contribution >= 0.6 is 11.9 Å². The van der Waals surface area contributed by atoms with Crippen LogP contribution < -0.4 is 0 Å². The summed E-state index contributed by atoms with van der Waals surface area (Å²) in [4.78, 5) is 12.0. The Morgan fingerprint density at radius 2 is 2.06 bits per heavy atom. The van der Waals surface area contributed by atoms with Crippen molar-refractivity contribution < 1.29 is 9.18 Å². The van der Waals surface area contributed by atoms with Crippen LogP contribution in [0.4, 0.5) is 4.39 Å². The van der Waals surface area contributed by atoms with Crippen LogP contribution in [0, 0.1) is 12.7 Å². The number of hydrogen-bond donors (Lipinski definition) is 0. The maximum absolute atomic E-state index is 13.9. The number of amides is 1. The molecule has 1 aromatic carbocycles. The van der Waals surface area contributed by atoms with Gasteiger partial charge in [-0.25, -0.2) is 4.39 Å². The van der Waals surface area contributed by atoms with Gasteiger partial charge in [-0.3, -0.25) is 9.10 Å². The van der Waals surface area contributed by atoms with Crippen LogP contribution in [0.25, 0.3) is 0 Å². The molecular weight excluding hydrogens is 249 g/mol. The summed E-state index contributed by atoms with van der Waals surface area (Å²) in [5, 5.41) is -0.0997. The fourth-order valence-corrected chi connectivity index (χ4v) is 3.34. The molecule has 98 valence electrons. The van der Waals surface area contributed by atoms with Gasteiger partial charge in [0, 0.05) is 17.5 Å². The van der Waals surface area contributed by atoms with Crippen molar-refractivity contribution in [2.24, 2.45) is 0 Å². The highest BCUT2D eigenvalue weighted by molar-refractivity contribution is 7.98. The highest BCUT2D eigenvalue weighted by Gasteiger charge is 2.38. The molecule has 0 N–H and O–H groups in total. The van der Waals surface area contributed by atoms with E-state index in [-0.39, 0.29) is 22.5 Å². The first-order valence-electron chi connectivity index (χ1n) is 6.05. The Kier molecular flexibility index (Phi) is 3.41. The fourth-order valence-electron chi connectivity index (χ4n) is 2.06. The summed E-state index contributed by atoms with van der Waals surface area (Å²) in [5.41, 5.74) is 1.31. The van der Waals surface area contributed by atoms with Gasteiger partial charge in [0.25, 0.3) is 0 Å². The smallest absolute Gasteiger partial charge is 0.234 e. The zero-order valence-corrected chi connectivity index (χ0v) is 12.0. The summed E-state index contributed by atoms with van der Waals surface area (Å²) in [6.07, 6.45) is 0.377. The maximum Gasteiger partial charge on any atom is 0.234 e. The van der Waals surface area contributed by atoms with Gasteiger partial charge in [0.15, 0.2) is 0 Å². The van der Waals surface area contributed by atoms with Crippen molar-refractivity contribution in [2.45, 2.75) is 44.9 Å². The van der Waals surface area contributed by atoms with Crippen molar-refractivity contribution in [3.8, 4) is 0 Å². The lowest BCUT2D eigenvalue weighted by Gasteiger charge is -2.30. The Labute approximate surface area is 112 Å². The van der Waals surface area contributed by atoms with Crippen LogP contribution in [0.15, 0.2) is 18.2 Å². The first-order chi connectivity index (χ1) is 8.29. The molecule has 1 aliphatic rings. The van der Waals surface area contributed by atoms with E-state index >= 15 is 0 Å². The number of rotatable bonds is 1. The first-order valence-corrected chi connectivity index (χ1v) is 6.88. The number of benzene rings is 1. The molecule has 0 spiro atoms. The number of carbonyl (C=O) groups excluding carboxylic acids is 1. The van der Waals surface area contributed by atoms with Gasteiger partial charge < -0.3 is 0 Å². The minimum atomic E-state index is -0.225. The quantitative estimate of drug-likeness (QED) is 0.720. The normalized spacial score (nSPS) is 20.6. The third-order valence-corrected chi connectivity index (χ3v) is 4.57. The molecule has 1 saturated heterocycles. The van der Waals surface area contributed by atoms with Gasteiger partial charge in [0.2, 0.25) is 5.91 Å². The van der Waals surface area contributed by atoms with Crippen LogP contribution in [0.1, 0.15) is 43.6 Å². The van der Waals surface area contributed by atoms with E-state index in [1.807, 2.05) is 33.8 Å². The molecule has 2 rings (SSSR count). The predicted molar refractivity (Wildman–Crippen MR) is 72.7 cm³/mol. The molecule has 0 radical (unpaired) electrons. The summed E-state index contributed by atoms with van der Waals surface area (Å²) in [6.45, 7) is 7.84. The van der Waals surface area contributed by atoms with E-state index in [0.29, 0.717) is 12.0 Å². The lowest BCUT2D eigenvalue weighted by atomic mass is 10.0. The third kappa shape index (κ3) is 2.53. The fraction of sp³-hybridized carbons (Fsp3) is 0.500. The molecule has 1 heterocycles. The zero-order chi connectivity index (χ0) is 13.5. The van der Waals surface area contributed by atoms with E-state index in [1.165, 1.54) is 18.0 Å². The standard InChI is InChI=1S/C14H18FNOS/c1-9-5-6-10(11(15)7-9)12-8-13(17)16(18-12)14(2,3)4/h5-7,12H,8H2,1-4H3. The Morgan fingerprint density at radius 1 is 1.39 bits per heavy atom. The van der Waals surface area contributed by atoms with Crippen LogP contribution in [0.5, 0.6) is 0 Å². The van der Waals surface area contributed by atoms with Gasteiger partial charge in [-0.15, -0.1) is 0 Å². The Bertz CT molecular complexity index is 481. The van der Waals surface area contributed by atoms with Gasteiger partial charge in [-0.1, -0.05) is 12.1 Å². The zero-order valence-electron chi connectivity index (χ0n) is 11.2. The molecule has 1 fully saturated rings. The Hall–Kier alpha value is -1.03. The summed E-state index contributed by atoms with van der Waals surface area (Å²) in [6, 6.07) is 5.21. The Morgan fingerprint density at radius 3 is 2.56 bits per heavy atom. The maximum atomic E-state index is 13.9. The van der Waals surface area contributed by atoms with Crippen molar-refractivity contribution in [2.75, 3.05) is 0 Å². The Balaban J connectivity index is 2.25. The van der Waals surface area contributed by atoms with Crippen LogP contribution in [-0.2, 0) is 4.79 Å². The number of aryl methyl sites for hydroxylation is 1. The minimum absolute atomic E-state index is 0.0810. The van der Waals surface area contributed by atoms with E-state index in [4.69, 9.17) is 0 Å². The SMILES string of the molecule is Cc1ccc(C2CC(=O)N(C(C)(C)C)S2)c(F)c1. The number of nitrogens with zero attached hydrogens (tertiary/aromatic N) is 1. The monoisotopic (exact) mass is 267 g/mol. The van der Waals surface area contributed by atoms with Gasteiger partial charge in [0.05, 0.1) is 5.25 Å². The summed E-state index contributed by atoms with van der Waals surface area (Å²) in [5.74, 6) is -0.131. The molecule has 2 nitrogen and oxygen atoms in total. The molecule has 1 amide bonds. The third-order valence-electron chi connectivity index (χ3n) is 2.93. The van der Waals surface area contributed by atoms with Crippen LogP contribution in [0.3, 0.4) is 0 Å². The van der Waals surface area contributed by atoms with Crippen LogP contribution in [-0.4, -0.2) is 15.8 Å². The molecule has 1 aliphatic heterocycles. The van der Waals surface area contributed by atoms with E-state index < -0.39 is 0 Å². The molecule has 0 aliphatic carbocycles. The minimum Gasteiger partial charge on any atom is -0.280 e. The number of hydrogen-bond acceptors (Lipinski definition) is 2. The predicted octanol–water partition coefficient (Wildman–Crippen LogP) is 3.85. The molecule has 4 heteroatoms. The van der Waals surface area contributed by atoms with Gasteiger partial charge in [-0.2, -0.15) is 0 Å². The second kappa shape index (κ2) is 4.57. The van der Waals surface area contributed by atoms with E-state index in [2.05, 4.69) is 0 Å². The molecule has 1 atom stereocenters. The molecule has 1 aromatic rings. The lowest BCUT2D eigenvalue weighted by Crippen LogP contribution is -2.37. The number of halogens is 1. The molecule has 0 aromatic heterocycles. The highest BCUT2D eigenvalue weighted by atomic mass is 32.2. The largest absolute Gasteiger partial charge is 0.280 e. The second-order valence-electron chi connectivity index (χ2n) is 5.68. The molecule has 18 heavy (non-hydrogen) atoms. The average Bonchev–Trinajstić information content (AvgIpc) is 2.59. The van der Waals surface area contributed by atoms with E-state index in [1.54, 1.807) is 10.4 Å². The van der Waals surface area contributed by atoms with E-state index in [0.717, 1.165) is 5.56 Å². The van der Waals surface area contributed by atoms with Crippen molar-refractivity contribution in [1.82, 2.24) is 4.31 Å².